The number of amides is 1. The number of hydrogen-bond donors (Lipinski definition) is 1. The SMILES string of the molecule is CC(=O)c1ccc(C#N)cc1N1CCC(C(=O)NCCc2cccs2)CC1. The number of carbonyl (C=O) groups is 2. The van der Waals surface area contributed by atoms with Gasteiger partial charge in [-0.1, -0.05) is 6.07 Å². The first-order valence-electron chi connectivity index (χ1n) is 9.18. The lowest BCUT2D eigenvalue weighted by Crippen LogP contribution is -2.41. The summed E-state index contributed by atoms with van der Waals surface area (Å²) in [6.07, 6.45) is 2.36. The zero-order valence-corrected chi connectivity index (χ0v) is 16.2. The van der Waals surface area contributed by atoms with Gasteiger partial charge in [-0.25, -0.2) is 0 Å². The number of thiophene rings is 1. The van der Waals surface area contributed by atoms with Crippen molar-refractivity contribution in [1.29, 1.82) is 5.26 Å². The van der Waals surface area contributed by atoms with Gasteiger partial charge in [0, 0.05) is 41.7 Å². The Morgan fingerprint density at radius 1 is 1.30 bits per heavy atom. The number of Topliss-reactive ketones (excluding diaryl/α,β-unsaturated/α-hetero) is 1. The molecule has 1 aliphatic rings. The Balaban J connectivity index is 1.56. The number of nitrogens with zero attached hydrogens (tertiary/aromatic N) is 2. The molecule has 1 amide bonds. The molecule has 0 spiro atoms. The zero-order chi connectivity index (χ0) is 19.2. The van der Waals surface area contributed by atoms with Gasteiger partial charge in [-0.2, -0.15) is 5.26 Å². The van der Waals surface area contributed by atoms with Crippen LogP contribution in [0.1, 0.15) is 40.6 Å². The smallest absolute Gasteiger partial charge is 0.223 e. The summed E-state index contributed by atoms with van der Waals surface area (Å²) in [6, 6.07) is 11.4. The Morgan fingerprint density at radius 3 is 2.70 bits per heavy atom. The van der Waals surface area contributed by atoms with E-state index in [9.17, 15) is 9.59 Å². The molecule has 0 unspecified atom stereocenters. The first-order valence-corrected chi connectivity index (χ1v) is 10.1. The molecule has 1 aromatic heterocycles. The number of nitriles is 1. The van der Waals surface area contributed by atoms with E-state index in [1.165, 1.54) is 4.88 Å². The van der Waals surface area contributed by atoms with E-state index in [1.807, 2.05) is 11.4 Å². The van der Waals surface area contributed by atoms with Crippen molar-refractivity contribution in [3.63, 3.8) is 0 Å². The van der Waals surface area contributed by atoms with Crippen molar-refractivity contribution in [2.24, 2.45) is 5.92 Å². The standard InChI is InChI=1S/C21H23N3O2S/c1-15(25)19-5-4-16(14-22)13-20(19)24-10-7-17(8-11-24)21(26)23-9-6-18-3-2-12-27-18/h2-5,12-13,17H,6-11H2,1H3,(H,23,26). The molecule has 5 nitrogen and oxygen atoms in total. The lowest BCUT2D eigenvalue weighted by atomic mass is 9.94. The van der Waals surface area contributed by atoms with Crippen LogP contribution in [-0.4, -0.2) is 31.3 Å². The highest BCUT2D eigenvalue weighted by atomic mass is 32.1. The van der Waals surface area contributed by atoms with Crippen molar-refractivity contribution < 1.29 is 9.59 Å². The van der Waals surface area contributed by atoms with E-state index in [1.54, 1.807) is 36.5 Å². The zero-order valence-electron chi connectivity index (χ0n) is 15.4. The Morgan fingerprint density at radius 2 is 2.07 bits per heavy atom. The molecule has 1 saturated heterocycles. The first kappa shape index (κ1) is 19.1. The van der Waals surface area contributed by atoms with Crippen LogP contribution in [0, 0.1) is 17.2 Å². The molecule has 140 valence electrons. The van der Waals surface area contributed by atoms with E-state index in [0.29, 0.717) is 30.8 Å². The lowest BCUT2D eigenvalue weighted by molar-refractivity contribution is -0.125. The minimum absolute atomic E-state index is 0.00418. The number of nitrogens with one attached hydrogen (secondary N) is 1. The van der Waals surface area contributed by atoms with Crippen molar-refractivity contribution in [1.82, 2.24) is 5.32 Å². The number of anilines is 1. The summed E-state index contributed by atoms with van der Waals surface area (Å²) in [6.45, 7) is 3.62. The van der Waals surface area contributed by atoms with Crippen LogP contribution in [0.5, 0.6) is 0 Å². The van der Waals surface area contributed by atoms with Gasteiger partial charge in [-0.3, -0.25) is 9.59 Å². The van der Waals surface area contributed by atoms with Gasteiger partial charge in [0.2, 0.25) is 5.91 Å². The molecule has 0 aliphatic carbocycles. The Bertz CT molecular complexity index is 847. The van der Waals surface area contributed by atoms with E-state index in [-0.39, 0.29) is 17.6 Å². The van der Waals surface area contributed by atoms with Gasteiger partial charge in [-0.15, -0.1) is 11.3 Å². The molecule has 0 saturated carbocycles. The van der Waals surface area contributed by atoms with Crippen LogP contribution in [0.2, 0.25) is 0 Å². The average Bonchev–Trinajstić information content (AvgIpc) is 3.21. The molecule has 1 N–H and O–H groups in total. The summed E-state index contributed by atoms with van der Waals surface area (Å²) in [7, 11) is 0. The number of hydrogen-bond acceptors (Lipinski definition) is 5. The predicted molar refractivity (Wildman–Crippen MR) is 107 cm³/mol. The van der Waals surface area contributed by atoms with E-state index in [4.69, 9.17) is 5.26 Å². The fourth-order valence-corrected chi connectivity index (χ4v) is 4.16. The fraction of sp³-hybridized carbons (Fsp3) is 0.381. The number of ketones is 1. The van der Waals surface area contributed by atoms with Crippen LogP contribution >= 0.6 is 11.3 Å². The van der Waals surface area contributed by atoms with Gasteiger partial charge in [0.05, 0.1) is 11.6 Å². The molecule has 1 aromatic carbocycles. The van der Waals surface area contributed by atoms with Gasteiger partial charge in [-0.05, 0) is 55.8 Å². The average molecular weight is 382 g/mol. The molecular weight excluding hydrogens is 358 g/mol. The maximum absolute atomic E-state index is 12.4. The molecule has 27 heavy (non-hydrogen) atoms. The molecule has 2 aromatic rings. The van der Waals surface area contributed by atoms with Gasteiger partial charge in [0.15, 0.2) is 5.78 Å². The minimum atomic E-state index is -0.0112. The first-order chi connectivity index (χ1) is 13.1. The Labute approximate surface area is 163 Å². The van der Waals surface area contributed by atoms with Crippen LogP contribution in [-0.2, 0) is 11.2 Å². The number of carbonyl (C=O) groups excluding carboxylic acids is 2. The molecular formula is C21H23N3O2S. The van der Waals surface area contributed by atoms with Gasteiger partial charge in [0.25, 0.3) is 0 Å². The molecule has 3 rings (SSSR count). The molecule has 2 heterocycles. The largest absolute Gasteiger partial charge is 0.371 e. The molecule has 0 atom stereocenters. The van der Waals surface area contributed by atoms with Crippen molar-refractivity contribution >= 4 is 28.7 Å². The van der Waals surface area contributed by atoms with E-state index in [0.717, 1.165) is 24.9 Å². The number of benzene rings is 1. The van der Waals surface area contributed by atoms with E-state index in [2.05, 4.69) is 22.4 Å². The lowest BCUT2D eigenvalue weighted by Gasteiger charge is -2.34. The summed E-state index contributed by atoms with van der Waals surface area (Å²) >= 11 is 1.71. The van der Waals surface area contributed by atoms with Crippen molar-refractivity contribution in [2.45, 2.75) is 26.2 Å². The van der Waals surface area contributed by atoms with Crippen molar-refractivity contribution in [2.75, 3.05) is 24.5 Å². The monoisotopic (exact) mass is 381 g/mol. The van der Waals surface area contributed by atoms with Crippen LogP contribution < -0.4 is 10.2 Å². The van der Waals surface area contributed by atoms with E-state index >= 15 is 0 Å². The molecule has 1 aliphatic heterocycles. The summed E-state index contributed by atoms with van der Waals surface area (Å²) < 4.78 is 0. The van der Waals surface area contributed by atoms with Gasteiger partial charge in [0.1, 0.15) is 0 Å². The van der Waals surface area contributed by atoms with Crippen molar-refractivity contribution in [3.05, 3.63) is 51.7 Å². The quantitative estimate of drug-likeness (QED) is 0.779. The highest BCUT2D eigenvalue weighted by Gasteiger charge is 2.26. The van der Waals surface area contributed by atoms with Crippen LogP contribution in [0.3, 0.4) is 0 Å². The third-order valence-electron chi connectivity index (χ3n) is 4.96. The Hall–Kier alpha value is -2.65. The normalized spacial score (nSPS) is 14.6. The van der Waals surface area contributed by atoms with Crippen LogP contribution in [0.4, 0.5) is 5.69 Å². The molecule has 6 heteroatoms. The molecule has 1 fully saturated rings. The van der Waals surface area contributed by atoms with Crippen LogP contribution in [0.15, 0.2) is 35.7 Å². The van der Waals surface area contributed by atoms with E-state index < -0.39 is 0 Å². The Kier molecular flexibility index (Phi) is 6.25. The third-order valence-corrected chi connectivity index (χ3v) is 5.90. The third kappa shape index (κ3) is 4.75. The second-order valence-corrected chi connectivity index (χ2v) is 7.81. The topological polar surface area (TPSA) is 73.2 Å². The molecule has 0 radical (unpaired) electrons. The maximum Gasteiger partial charge on any atom is 0.223 e. The second-order valence-electron chi connectivity index (χ2n) is 6.78. The minimum Gasteiger partial charge on any atom is -0.371 e. The second kappa shape index (κ2) is 8.83. The maximum atomic E-state index is 12.4. The number of piperidine rings is 1. The van der Waals surface area contributed by atoms with Crippen molar-refractivity contribution in [3.8, 4) is 6.07 Å². The summed E-state index contributed by atoms with van der Waals surface area (Å²) in [4.78, 5) is 27.7. The summed E-state index contributed by atoms with van der Waals surface area (Å²) in [5, 5.41) is 14.2. The highest BCUT2D eigenvalue weighted by Crippen LogP contribution is 2.28. The van der Waals surface area contributed by atoms with Gasteiger partial charge >= 0.3 is 0 Å². The molecule has 0 bridgehead atoms. The predicted octanol–water partition coefficient (Wildman–Crippen LogP) is 3.40. The van der Waals surface area contributed by atoms with Gasteiger partial charge < -0.3 is 10.2 Å². The highest BCUT2D eigenvalue weighted by molar-refractivity contribution is 7.09. The number of rotatable bonds is 6. The summed E-state index contributed by atoms with van der Waals surface area (Å²) in [5.41, 5.74) is 1.98. The fourth-order valence-electron chi connectivity index (χ4n) is 3.45. The van der Waals surface area contributed by atoms with Crippen LogP contribution in [0.25, 0.3) is 0 Å². The summed E-state index contributed by atoms with van der Waals surface area (Å²) in [5.74, 6) is 0.108.